The van der Waals surface area contributed by atoms with Crippen molar-refractivity contribution in [2.45, 2.75) is 33.3 Å². The smallest absolute Gasteiger partial charge is 0.339 e. The summed E-state index contributed by atoms with van der Waals surface area (Å²) in [6, 6.07) is 15.8. The van der Waals surface area contributed by atoms with Crippen LogP contribution in [0.25, 0.3) is 10.9 Å². The van der Waals surface area contributed by atoms with E-state index < -0.39 is 23.9 Å². The van der Waals surface area contributed by atoms with Gasteiger partial charge < -0.3 is 4.74 Å². The molecule has 1 heterocycles. The minimum Gasteiger partial charge on any atom is -0.449 e. The lowest BCUT2D eigenvalue weighted by atomic mass is 10.0. The van der Waals surface area contributed by atoms with E-state index in [1.54, 1.807) is 36.4 Å². The van der Waals surface area contributed by atoms with Gasteiger partial charge in [-0.05, 0) is 44.0 Å². The molecule has 3 aromatic rings. The van der Waals surface area contributed by atoms with Crippen molar-refractivity contribution >= 4 is 28.7 Å². The number of aromatic nitrogens is 1. The third kappa shape index (κ3) is 4.46. The summed E-state index contributed by atoms with van der Waals surface area (Å²) in [5, 5.41) is 0.669. The maximum atomic E-state index is 12.9. The molecule has 1 atom stereocenters. The fourth-order valence-corrected chi connectivity index (χ4v) is 3.12. The molecule has 0 unspecified atom stereocenters. The lowest BCUT2D eigenvalue weighted by Gasteiger charge is -2.17. The molecule has 3 rings (SSSR count). The standard InChI is InChI=1S/C23H23N3O4/c1-4-18-14(2)20(17-12-8-9-13-19(17)24-18)23(29)30-15(3)21(27)25-26-22(28)16-10-6-5-7-11-16/h5-13,15H,4H2,1-3H3,(H,25,27)(H,26,28)/t15-/m1/s1. The minimum absolute atomic E-state index is 0.394. The number of carbonyl (C=O) groups excluding carboxylic acids is 3. The van der Waals surface area contributed by atoms with E-state index in [0.717, 1.165) is 11.3 Å². The molecule has 2 N–H and O–H groups in total. The van der Waals surface area contributed by atoms with E-state index in [1.165, 1.54) is 6.92 Å². The number of pyridine rings is 1. The summed E-state index contributed by atoms with van der Waals surface area (Å²) in [4.78, 5) is 41.8. The molecule has 0 spiro atoms. The zero-order valence-corrected chi connectivity index (χ0v) is 17.1. The first-order valence-electron chi connectivity index (χ1n) is 9.66. The first-order chi connectivity index (χ1) is 14.4. The SMILES string of the molecule is CCc1nc2ccccc2c(C(=O)O[C@H](C)C(=O)NNC(=O)c2ccccc2)c1C. The van der Waals surface area contributed by atoms with E-state index in [9.17, 15) is 14.4 Å². The molecular formula is C23H23N3O4. The van der Waals surface area contributed by atoms with Gasteiger partial charge in [0.15, 0.2) is 6.10 Å². The van der Waals surface area contributed by atoms with Gasteiger partial charge >= 0.3 is 5.97 Å². The number of carbonyl (C=O) groups is 3. The van der Waals surface area contributed by atoms with Gasteiger partial charge in [-0.3, -0.25) is 25.4 Å². The van der Waals surface area contributed by atoms with Crippen molar-refractivity contribution in [2.24, 2.45) is 0 Å². The number of hydrogen-bond donors (Lipinski definition) is 2. The zero-order chi connectivity index (χ0) is 21.7. The number of ether oxygens (including phenoxy) is 1. The average Bonchev–Trinajstić information content (AvgIpc) is 2.77. The molecule has 2 amide bonds. The number of nitrogens with one attached hydrogen (secondary N) is 2. The maximum Gasteiger partial charge on any atom is 0.339 e. The van der Waals surface area contributed by atoms with Gasteiger partial charge in [0, 0.05) is 16.6 Å². The molecule has 30 heavy (non-hydrogen) atoms. The molecule has 1 aromatic heterocycles. The predicted molar refractivity (Wildman–Crippen MR) is 113 cm³/mol. The highest BCUT2D eigenvalue weighted by atomic mass is 16.5. The monoisotopic (exact) mass is 405 g/mol. The quantitative estimate of drug-likeness (QED) is 0.502. The van der Waals surface area contributed by atoms with Crippen LogP contribution in [0, 0.1) is 6.92 Å². The Bertz CT molecular complexity index is 1100. The van der Waals surface area contributed by atoms with Crippen LogP contribution < -0.4 is 10.9 Å². The van der Waals surface area contributed by atoms with E-state index in [2.05, 4.69) is 15.8 Å². The Balaban J connectivity index is 1.72. The molecular weight excluding hydrogens is 382 g/mol. The van der Waals surface area contributed by atoms with Crippen LogP contribution in [0.3, 0.4) is 0 Å². The molecule has 154 valence electrons. The summed E-state index contributed by atoms with van der Waals surface area (Å²) in [7, 11) is 0. The van der Waals surface area contributed by atoms with Gasteiger partial charge in [-0.25, -0.2) is 4.79 Å². The highest BCUT2D eigenvalue weighted by Crippen LogP contribution is 2.24. The molecule has 0 aliphatic heterocycles. The Kier molecular flexibility index (Phi) is 6.41. The molecule has 0 saturated heterocycles. The van der Waals surface area contributed by atoms with Gasteiger partial charge in [0.2, 0.25) is 0 Å². The molecule has 7 nitrogen and oxygen atoms in total. The van der Waals surface area contributed by atoms with Crippen LogP contribution in [0.1, 0.15) is 45.8 Å². The Hall–Kier alpha value is -3.74. The van der Waals surface area contributed by atoms with Gasteiger partial charge in [-0.15, -0.1) is 0 Å². The van der Waals surface area contributed by atoms with Crippen molar-refractivity contribution in [2.75, 3.05) is 0 Å². The topological polar surface area (TPSA) is 97.4 Å². The van der Waals surface area contributed by atoms with Crippen LogP contribution in [0.4, 0.5) is 0 Å². The second kappa shape index (κ2) is 9.17. The second-order valence-electron chi connectivity index (χ2n) is 6.79. The summed E-state index contributed by atoms with van der Waals surface area (Å²) in [5.41, 5.74) is 7.61. The van der Waals surface area contributed by atoms with Crippen LogP contribution in [0.15, 0.2) is 54.6 Å². The maximum absolute atomic E-state index is 12.9. The Morgan fingerprint density at radius 1 is 1.00 bits per heavy atom. The molecule has 0 fully saturated rings. The highest BCUT2D eigenvalue weighted by molar-refractivity contribution is 6.05. The Morgan fingerprint density at radius 3 is 2.37 bits per heavy atom. The van der Waals surface area contributed by atoms with Crippen LogP contribution in [0.5, 0.6) is 0 Å². The molecule has 0 radical (unpaired) electrons. The number of para-hydroxylation sites is 1. The van der Waals surface area contributed by atoms with Crippen molar-refractivity contribution in [3.05, 3.63) is 77.0 Å². The summed E-state index contributed by atoms with van der Waals surface area (Å²) in [5.74, 6) is -1.72. The lowest BCUT2D eigenvalue weighted by molar-refractivity contribution is -0.129. The zero-order valence-electron chi connectivity index (χ0n) is 17.1. The molecule has 2 aromatic carbocycles. The highest BCUT2D eigenvalue weighted by Gasteiger charge is 2.24. The van der Waals surface area contributed by atoms with Crippen LogP contribution >= 0.6 is 0 Å². The molecule has 0 bridgehead atoms. The van der Waals surface area contributed by atoms with Crippen molar-refractivity contribution < 1.29 is 19.1 Å². The van der Waals surface area contributed by atoms with Gasteiger partial charge in [0.05, 0.1) is 11.1 Å². The summed E-state index contributed by atoms with van der Waals surface area (Å²) in [6.07, 6.45) is -0.441. The van der Waals surface area contributed by atoms with Gasteiger partial charge in [0.1, 0.15) is 0 Å². The lowest BCUT2D eigenvalue weighted by Crippen LogP contribution is -2.46. The number of fused-ring (bicyclic) bond motifs is 1. The van der Waals surface area contributed by atoms with E-state index in [0.29, 0.717) is 28.5 Å². The van der Waals surface area contributed by atoms with Gasteiger partial charge in [-0.2, -0.15) is 0 Å². The number of nitrogens with zero attached hydrogens (tertiary/aromatic N) is 1. The van der Waals surface area contributed by atoms with Crippen LogP contribution in [-0.4, -0.2) is 28.9 Å². The third-order valence-electron chi connectivity index (χ3n) is 4.76. The van der Waals surface area contributed by atoms with Crippen molar-refractivity contribution in [1.82, 2.24) is 15.8 Å². The number of hydrogen-bond acceptors (Lipinski definition) is 5. The largest absolute Gasteiger partial charge is 0.449 e. The van der Waals surface area contributed by atoms with Crippen LogP contribution in [-0.2, 0) is 16.0 Å². The number of rotatable bonds is 5. The Morgan fingerprint density at radius 2 is 1.67 bits per heavy atom. The number of amides is 2. The van der Waals surface area contributed by atoms with E-state index in [-0.39, 0.29) is 0 Å². The van der Waals surface area contributed by atoms with Crippen LogP contribution in [0.2, 0.25) is 0 Å². The number of hydrazine groups is 1. The van der Waals surface area contributed by atoms with Crippen molar-refractivity contribution in [1.29, 1.82) is 0 Å². The number of benzene rings is 2. The van der Waals surface area contributed by atoms with E-state index >= 15 is 0 Å². The van der Waals surface area contributed by atoms with Gasteiger partial charge in [-0.1, -0.05) is 43.3 Å². The first-order valence-corrected chi connectivity index (χ1v) is 9.66. The normalized spacial score (nSPS) is 11.6. The summed E-state index contributed by atoms with van der Waals surface area (Å²) in [6.45, 7) is 5.23. The number of esters is 1. The summed E-state index contributed by atoms with van der Waals surface area (Å²) >= 11 is 0. The molecule has 0 aliphatic carbocycles. The third-order valence-corrected chi connectivity index (χ3v) is 4.76. The summed E-state index contributed by atoms with van der Waals surface area (Å²) < 4.78 is 5.39. The second-order valence-corrected chi connectivity index (χ2v) is 6.79. The fourth-order valence-electron chi connectivity index (χ4n) is 3.12. The average molecular weight is 405 g/mol. The molecule has 7 heteroatoms. The Labute approximate surface area is 174 Å². The molecule has 0 saturated carbocycles. The number of aryl methyl sites for hydroxylation is 1. The van der Waals surface area contributed by atoms with Crippen molar-refractivity contribution in [3.8, 4) is 0 Å². The predicted octanol–water partition coefficient (Wildman–Crippen LogP) is 3.11. The minimum atomic E-state index is -1.11. The van der Waals surface area contributed by atoms with Crippen molar-refractivity contribution in [3.63, 3.8) is 0 Å². The van der Waals surface area contributed by atoms with E-state index in [1.807, 2.05) is 32.0 Å². The molecule has 0 aliphatic rings. The fraction of sp³-hybridized carbons (Fsp3) is 0.217. The first kappa shape index (κ1) is 21.0. The van der Waals surface area contributed by atoms with Gasteiger partial charge in [0.25, 0.3) is 11.8 Å². The van der Waals surface area contributed by atoms with E-state index in [4.69, 9.17) is 4.74 Å².